The number of rotatable bonds is 5. The maximum absolute atomic E-state index is 12.7. The molecule has 2 aromatic rings. The number of H-pyrrole nitrogens is 1. The van der Waals surface area contributed by atoms with Gasteiger partial charge in [-0.15, -0.1) is 0 Å². The Hall–Kier alpha value is -3.02. The molecule has 1 saturated heterocycles. The first-order valence-electron chi connectivity index (χ1n) is 12.4. The highest BCUT2D eigenvalue weighted by Gasteiger charge is 2.38. The van der Waals surface area contributed by atoms with Crippen molar-refractivity contribution >= 4 is 22.5 Å². The summed E-state index contributed by atoms with van der Waals surface area (Å²) in [7, 11) is 2.31. The van der Waals surface area contributed by atoms with Gasteiger partial charge in [-0.1, -0.05) is 18.2 Å². The van der Waals surface area contributed by atoms with Crippen LogP contribution in [0.1, 0.15) is 30.7 Å². The molecule has 2 aliphatic heterocycles. The molecule has 2 amide bonds. The molecular weight excluding hydrogens is 428 g/mol. The van der Waals surface area contributed by atoms with E-state index in [9.17, 15) is 10.1 Å². The summed E-state index contributed by atoms with van der Waals surface area (Å²) >= 11 is 0. The van der Waals surface area contributed by atoms with Crippen LogP contribution in [0.25, 0.3) is 16.5 Å². The Kier molecular flexibility index (Phi) is 6.00. The molecule has 0 unspecified atom stereocenters. The second kappa shape index (κ2) is 8.97. The zero-order chi connectivity index (χ0) is 23.9. The number of quaternary nitrogens is 1. The standard InChI is InChI=1S/C26H34N6O2/c1-4-30(5-2)26(33)28-18-13-20-19-7-6-8-22-25(19)21(14-24(20)31(15-18)17-27)23(29-22)16-32(3)9-11-34-12-10-32/h6-8,13,18,24,29H,4-5,9-12,14-16H2,1-3H3/p+1/t18-,24+/m0/s1. The third-order valence-corrected chi connectivity index (χ3v) is 7.81. The van der Waals surface area contributed by atoms with Gasteiger partial charge in [0.25, 0.3) is 0 Å². The number of nitriles is 1. The maximum Gasteiger partial charge on any atom is 0.317 e. The van der Waals surface area contributed by atoms with Gasteiger partial charge in [-0.25, -0.2) is 4.79 Å². The van der Waals surface area contributed by atoms with Gasteiger partial charge in [-0.3, -0.25) is 0 Å². The molecule has 5 rings (SSSR count). The minimum Gasteiger partial charge on any atom is -0.370 e. The van der Waals surface area contributed by atoms with E-state index >= 15 is 0 Å². The highest BCUT2D eigenvalue weighted by atomic mass is 16.5. The van der Waals surface area contributed by atoms with E-state index in [1.54, 1.807) is 4.90 Å². The number of ether oxygens (including phenoxy) is 1. The van der Waals surface area contributed by atoms with Gasteiger partial charge in [0, 0.05) is 30.4 Å². The number of hydrogen-bond acceptors (Lipinski definition) is 4. The van der Waals surface area contributed by atoms with E-state index in [-0.39, 0.29) is 18.1 Å². The largest absolute Gasteiger partial charge is 0.370 e. The van der Waals surface area contributed by atoms with Crippen LogP contribution in [-0.2, 0) is 17.7 Å². The fourth-order valence-corrected chi connectivity index (χ4v) is 5.82. The Bertz CT molecular complexity index is 1150. The zero-order valence-corrected chi connectivity index (χ0v) is 20.4. The molecule has 1 aromatic heterocycles. The molecule has 3 aliphatic rings. The van der Waals surface area contributed by atoms with Gasteiger partial charge in [0.2, 0.25) is 0 Å². The van der Waals surface area contributed by atoms with Gasteiger partial charge in [-0.2, -0.15) is 5.26 Å². The van der Waals surface area contributed by atoms with Crippen LogP contribution in [0, 0.1) is 11.5 Å². The number of nitrogens with zero attached hydrogens (tertiary/aromatic N) is 4. The van der Waals surface area contributed by atoms with Crippen LogP contribution in [0.4, 0.5) is 4.79 Å². The van der Waals surface area contributed by atoms with Crippen molar-refractivity contribution in [1.82, 2.24) is 20.1 Å². The third-order valence-electron chi connectivity index (χ3n) is 7.81. The van der Waals surface area contributed by atoms with Crippen LogP contribution in [-0.4, -0.2) is 90.4 Å². The third kappa shape index (κ3) is 3.93. The molecule has 3 heterocycles. The van der Waals surface area contributed by atoms with E-state index < -0.39 is 0 Å². The summed E-state index contributed by atoms with van der Waals surface area (Å²) < 4.78 is 6.57. The minimum atomic E-state index is -0.202. The van der Waals surface area contributed by atoms with Gasteiger partial charge in [0.15, 0.2) is 6.19 Å². The van der Waals surface area contributed by atoms with Crippen molar-refractivity contribution in [1.29, 1.82) is 5.26 Å². The van der Waals surface area contributed by atoms with E-state index in [0.29, 0.717) is 19.6 Å². The maximum atomic E-state index is 12.7. The Balaban J connectivity index is 1.52. The average molecular weight is 464 g/mol. The molecule has 1 fully saturated rings. The first kappa shape index (κ1) is 22.8. The number of carbonyl (C=O) groups is 1. The summed E-state index contributed by atoms with van der Waals surface area (Å²) in [6.07, 6.45) is 5.41. The highest BCUT2D eigenvalue weighted by molar-refractivity contribution is 5.99. The van der Waals surface area contributed by atoms with Crippen LogP contribution in [0.2, 0.25) is 0 Å². The number of aromatic amines is 1. The lowest BCUT2D eigenvalue weighted by atomic mass is 9.80. The number of aromatic nitrogens is 1. The van der Waals surface area contributed by atoms with Crippen LogP contribution in [0.5, 0.6) is 0 Å². The molecule has 8 nitrogen and oxygen atoms in total. The van der Waals surface area contributed by atoms with Crippen molar-refractivity contribution in [3.8, 4) is 6.19 Å². The van der Waals surface area contributed by atoms with E-state index in [1.807, 2.05) is 18.7 Å². The van der Waals surface area contributed by atoms with Crippen molar-refractivity contribution in [3.05, 3.63) is 41.1 Å². The molecule has 2 atom stereocenters. The Morgan fingerprint density at radius 3 is 2.79 bits per heavy atom. The van der Waals surface area contributed by atoms with Crippen molar-refractivity contribution in [2.45, 2.75) is 38.9 Å². The predicted molar refractivity (Wildman–Crippen MR) is 132 cm³/mol. The van der Waals surface area contributed by atoms with Crippen LogP contribution < -0.4 is 5.32 Å². The number of hydrogen-bond donors (Lipinski definition) is 2. The molecule has 8 heteroatoms. The van der Waals surface area contributed by atoms with E-state index in [0.717, 1.165) is 54.8 Å². The minimum absolute atomic E-state index is 0.00532. The molecule has 0 spiro atoms. The summed E-state index contributed by atoms with van der Waals surface area (Å²) in [5, 5.41) is 14.5. The predicted octanol–water partition coefficient (Wildman–Crippen LogP) is 2.67. The van der Waals surface area contributed by atoms with Gasteiger partial charge in [-0.05, 0) is 36.6 Å². The second-order valence-electron chi connectivity index (χ2n) is 9.97. The van der Waals surface area contributed by atoms with Gasteiger partial charge in [0.05, 0.1) is 44.6 Å². The highest BCUT2D eigenvalue weighted by Crippen LogP contribution is 2.42. The molecule has 0 radical (unpaired) electrons. The molecule has 1 aromatic carbocycles. The quantitative estimate of drug-likeness (QED) is 0.528. The van der Waals surface area contributed by atoms with Crippen molar-refractivity contribution in [3.63, 3.8) is 0 Å². The van der Waals surface area contributed by atoms with Crippen molar-refractivity contribution in [2.75, 3.05) is 53.0 Å². The topological polar surface area (TPSA) is 84.4 Å². The van der Waals surface area contributed by atoms with Crippen molar-refractivity contribution < 1.29 is 14.0 Å². The molecule has 0 saturated carbocycles. The summed E-state index contributed by atoms with van der Waals surface area (Å²) in [5.41, 5.74) is 6.09. The number of urea groups is 1. The molecule has 0 bridgehead atoms. The lowest BCUT2D eigenvalue weighted by Crippen LogP contribution is -2.53. The first-order chi connectivity index (χ1) is 16.5. The smallest absolute Gasteiger partial charge is 0.317 e. The molecule has 1 aliphatic carbocycles. The Morgan fingerprint density at radius 1 is 1.32 bits per heavy atom. The van der Waals surface area contributed by atoms with Crippen molar-refractivity contribution in [2.24, 2.45) is 0 Å². The number of amides is 2. The van der Waals surface area contributed by atoms with Crippen LogP contribution in [0.3, 0.4) is 0 Å². The molecule has 180 valence electrons. The summed E-state index contributed by atoms with van der Waals surface area (Å²) in [4.78, 5) is 20.1. The number of morpholine rings is 1. The lowest BCUT2D eigenvalue weighted by molar-refractivity contribution is -0.929. The zero-order valence-electron chi connectivity index (χ0n) is 20.4. The molecule has 2 N–H and O–H groups in total. The monoisotopic (exact) mass is 463 g/mol. The van der Waals surface area contributed by atoms with Gasteiger partial charge >= 0.3 is 6.03 Å². The van der Waals surface area contributed by atoms with Crippen LogP contribution >= 0.6 is 0 Å². The first-order valence-corrected chi connectivity index (χ1v) is 12.4. The average Bonchev–Trinajstić information content (AvgIpc) is 3.17. The van der Waals surface area contributed by atoms with E-state index in [2.05, 4.69) is 47.8 Å². The number of nitrogens with one attached hydrogen (secondary N) is 2. The number of carbonyl (C=O) groups excluding carboxylic acids is 1. The van der Waals surface area contributed by atoms with Gasteiger partial charge in [0.1, 0.15) is 19.6 Å². The number of benzene rings is 1. The fourth-order valence-electron chi connectivity index (χ4n) is 5.82. The summed E-state index contributed by atoms with van der Waals surface area (Å²) in [6.45, 7) is 10.3. The number of likely N-dealkylation sites (N-methyl/N-ethyl adjacent to an activating group) is 1. The van der Waals surface area contributed by atoms with E-state index in [4.69, 9.17) is 4.74 Å². The summed E-state index contributed by atoms with van der Waals surface area (Å²) in [6, 6.07) is 6.11. The molecular formula is C26H35N6O2+. The number of fused-ring (bicyclic) bond motifs is 2. The lowest BCUT2D eigenvalue weighted by Gasteiger charge is -2.40. The fraction of sp³-hybridized carbons (Fsp3) is 0.538. The molecule has 34 heavy (non-hydrogen) atoms. The van der Waals surface area contributed by atoms with Crippen LogP contribution in [0.15, 0.2) is 24.3 Å². The summed E-state index contributed by atoms with van der Waals surface area (Å²) in [5.74, 6) is 0. The Labute approximate surface area is 201 Å². The normalized spacial score (nSPS) is 23.1. The Morgan fingerprint density at radius 2 is 2.09 bits per heavy atom. The second-order valence-corrected chi connectivity index (χ2v) is 9.97. The van der Waals surface area contributed by atoms with E-state index in [1.165, 1.54) is 22.2 Å². The SMILES string of the molecule is CCN(CC)C(=O)N[C@H]1C=C2c3cccc4[nH]c(C[N+]5(C)CCOCC5)c(c34)C[C@H]2N(C#N)C1. The van der Waals surface area contributed by atoms with Gasteiger partial charge < -0.3 is 29.3 Å².